The highest BCUT2D eigenvalue weighted by atomic mass is 79.9. The van der Waals surface area contributed by atoms with Crippen LogP contribution >= 0.6 is 15.9 Å². The Kier molecular flexibility index (Phi) is 5.25. The van der Waals surface area contributed by atoms with Crippen molar-refractivity contribution in [1.29, 1.82) is 0 Å². The summed E-state index contributed by atoms with van der Waals surface area (Å²) < 4.78 is 6.03. The normalized spacial score (nSPS) is 10.2. The van der Waals surface area contributed by atoms with E-state index in [-0.39, 0.29) is 11.6 Å². The maximum Gasteiger partial charge on any atom is 0.274 e. The second-order valence-electron chi connectivity index (χ2n) is 5.08. The van der Waals surface area contributed by atoms with Gasteiger partial charge in [-0.05, 0) is 48.5 Å². The van der Waals surface area contributed by atoms with E-state index >= 15 is 0 Å². The molecule has 0 bridgehead atoms. The number of nitrogens with zero attached hydrogens (tertiary/aromatic N) is 2. The van der Waals surface area contributed by atoms with Crippen LogP contribution in [0.4, 0.5) is 17.3 Å². The van der Waals surface area contributed by atoms with Crippen LogP contribution in [0.15, 0.2) is 65.3 Å². The molecular weight excluding hydrogens is 384 g/mol. The first-order valence-electron chi connectivity index (χ1n) is 7.45. The number of rotatable bonds is 5. The fourth-order valence-electron chi connectivity index (χ4n) is 2.11. The fourth-order valence-corrected chi connectivity index (χ4v) is 2.51. The summed E-state index contributed by atoms with van der Waals surface area (Å²) >= 11 is 3.41. The molecule has 1 aromatic heterocycles. The Hall–Kier alpha value is -2.93. The van der Waals surface area contributed by atoms with E-state index in [4.69, 9.17) is 4.74 Å². The van der Waals surface area contributed by atoms with Crippen molar-refractivity contribution in [2.75, 3.05) is 17.7 Å². The summed E-state index contributed by atoms with van der Waals surface area (Å²) in [5.74, 6) is 0.755. The molecule has 25 heavy (non-hydrogen) atoms. The zero-order valence-electron chi connectivity index (χ0n) is 13.4. The van der Waals surface area contributed by atoms with Crippen molar-refractivity contribution in [2.45, 2.75) is 0 Å². The number of amides is 1. The molecule has 3 aromatic rings. The highest BCUT2D eigenvalue weighted by Crippen LogP contribution is 2.19. The second kappa shape index (κ2) is 7.76. The van der Waals surface area contributed by atoms with Crippen LogP contribution in [0, 0.1) is 0 Å². The molecule has 126 valence electrons. The lowest BCUT2D eigenvalue weighted by atomic mass is 10.3. The molecule has 0 saturated carbocycles. The van der Waals surface area contributed by atoms with Gasteiger partial charge in [0.15, 0.2) is 0 Å². The number of halogens is 1. The number of benzene rings is 2. The molecule has 1 heterocycles. The molecule has 0 saturated heterocycles. The summed E-state index contributed by atoms with van der Waals surface area (Å²) in [5, 5.41) is 5.86. The standard InChI is InChI=1S/C18H15BrN4O2/c1-25-15-7-5-13(6-8-15)21-17(24)16-9-10-20-18(23-16)22-14-4-2-3-12(19)11-14/h2-11H,1H3,(H,21,24)(H,20,22,23). The minimum Gasteiger partial charge on any atom is -0.497 e. The Morgan fingerprint density at radius 1 is 1.08 bits per heavy atom. The number of ether oxygens (including phenoxy) is 1. The van der Waals surface area contributed by atoms with E-state index in [1.54, 1.807) is 37.4 Å². The Morgan fingerprint density at radius 2 is 1.88 bits per heavy atom. The maximum atomic E-state index is 12.4. The van der Waals surface area contributed by atoms with Crippen molar-refractivity contribution in [3.8, 4) is 5.75 Å². The van der Waals surface area contributed by atoms with Gasteiger partial charge in [-0.3, -0.25) is 4.79 Å². The minimum absolute atomic E-state index is 0.267. The van der Waals surface area contributed by atoms with Crippen molar-refractivity contribution in [3.05, 3.63) is 71.0 Å². The number of hydrogen-bond donors (Lipinski definition) is 2. The number of carbonyl (C=O) groups is 1. The number of hydrogen-bond acceptors (Lipinski definition) is 5. The monoisotopic (exact) mass is 398 g/mol. The second-order valence-corrected chi connectivity index (χ2v) is 6.00. The van der Waals surface area contributed by atoms with Crippen LogP contribution in [0.3, 0.4) is 0 Å². The largest absolute Gasteiger partial charge is 0.497 e. The van der Waals surface area contributed by atoms with Crippen LogP contribution < -0.4 is 15.4 Å². The van der Waals surface area contributed by atoms with Crippen LogP contribution in [0.25, 0.3) is 0 Å². The first-order valence-corrected chi connectivity index (χ1v) is 8.24. The molecule has 6 nitrogen and oxygen atoms in total. The molecule has 0 fully saturated rings. The van der Waals surface area contributed by atoms with Gasteiger partial charge in [-0.2, -0.15) is 0 Å². The highest BCUT2D eigenvalue weighted by molar-refractivity contribution is 9.10. The number of aromatic nitrogens is 2. The first-order chi connectivity index (χ1) is 12.1. The molecule has 0 unspecified atom stereocenters. The van der Waals surface area contributed by atoms with Gasteiger partial charge in [0.2, 0.25) is 5.95 Å². The van der Waals surface area contributed by atoms with E-state index in [1.165, 1.54) is 6.20 Å². The average molecular weight is 399 g/mol. The minimum atomic E-state index is -0.315. The predicted octanol–water partition coefficient (Wildman–Crippen LogP) is 4.24. The number of methoxy groups -OCH3 is 1. The fraction of sp³-hybridized carbons (Fsp3) is 0.0556. The molecule has 7 heteroatoms. The molecule has 0 spiro atoms. The van der Waals surface area contributed by atoms with Crippen LogP contribution in [0.2, 0.25) is 0 Å². The van der Waals surface area contributed by atoms with E-state index in [0.29, 0.717) is 11.6 Å². The lowest BCUT2D eigenvalue weighted by Crippen LogP contribution is -2.14. The lowest BCUT2D eigenvalue weighted by Gasteiger charge is -2.08. The predicted molar refractivity (Wildman–Crippen MR) is 100 cm³/mol. The Balaban J connectivity index is 1.72. The van der Waals surface area contributed by atoms with Crippen molar-refractivity contribution in [2.24, 2.45) is 0 Å². The van der Waals surface area contributed by atoms with Gasteiger partial charge in [0.25, 0.3) is 5.91 Å². The Bertz CT molecular complexity index is 884. The topological polar surface area (TPSA) is 76.1 Å². The van der Waals surface area contributed by atoms with E-state index in [0.717, 1.165) is 15.9 Å². The smallest absolute Gasteiger partial charge is 0.274 e. The zero-order valence-corrected chi connectivity index (χ0v) is 14.9. The van der Waals surface area contributed by atoms with Gasteiger partial charge >= 0.3 is 0 Å². The van der Waals surface area contributed by atoms with E-state index in [9.17, 15) is 4.79 Å². The highest BCUT2D eigenvalue weighted by Gasteiger charge is 2.09. The van der Waals surface area contributed by atoms with Gasteiger partial charge in [0, 0.05) is 22.0 Å². The van der Waals surface area contributed by atoms with Gasteiger partial charge in [-0.1, -0.05) is 22.0 Å². The Morgan fingerprint density at radius 3 is 2.60 bits per heavy atom. The zero-order chi connectivity index (χ0) is 17.6. The van der Waals surface area contributed by atoms with Crippen LogP contribution in [0.1, 0.15) is 10.5 Å². The first kappa shape index (κ1) is 16.9. The molecule has 0 radical (unpaired) electrons. The van der Waals surface area contributed by atoms with Crippen molar-refractivity contribution in [1.82, 2.24) is 9.97 Å². The number of nitrogens with one attached hydrogen (secondary N) is 2. The van der Waals surface area contributed by atoms with Gasteiger partial charge in [-0.15, -0.1) is 0 Å². The summed E-state index contributed by atoms with van der Waals surface area (Å²) in [4.78, 5) is 20.8. The van der Waals surface area contributed by atoms with Crippen LogP contribution in [0.5, 0.6) is 5.75 Å². The summed E-state index contributed by atoms with van der Waals surface area (Å²) in [6.07, 6.45) is 1.54. The quantitative estimate of drug-likeness (QED) is 0.671. The van der Waals surface area contributed by atoms with Crippen molar-refractivity contribution >= 4 is 39.2 Å². The molecule has 0 aliphatic rings. The summed E-state index contributed by atoms with van der Waals surface area (Å²) in [7, 11) is 1.59. The van der Waals surface area contributed by atoms with Crippen molar-refractivity contribution < 1.29 is 9.53 Å². The van der Waals surface area contributed by atoms with E-state index < -0.39 is 0 Å². The molecule has 2 N–H and O–H groups in total. The lowest BCUT2D eigenvalue weighted by molar-refractivity contribution is 0.102. The summed E-state index contributed by atoms with van der Waals surface area (Å²) in [6.45, 7) is 0. The molecule has 1 amide bonds. The van der Waals surface area contributed by atoms with E-state index in [1.807, 2.05) is 24.3 Å². The van der Waals surface area contributed by atoms with Gasteiger partial charge in [0.05, 0.1) is 7.11 Å². The third-order valence-electron chi connectivity index (χ3n) is 3.32. The molecule has 0 atom stereocenters. The van der Waals surface area contributed by atoms with Gasteiger partial charge < -0.3 is 15.4 Å². The Labute approximate surface area is 153 Å². The molecule has 0 aliphatic heterocycles. The molecule has 0 aliphatic carbocycles. The molecule has 3 rings (SSSR count). The van der Waals surface area contributed by atoms with Gasteiger partial charge in [-0.25, -0.2) is 9.97 Å². The maximum absolute atomic E-state index is 12.4. The SMILES string of the molecule is COc1ccc(NC(=O)c2ccnc(Nc3cccc(Br)c3)n2)cc1. The third kappa shape index (κ3) is 4.54. The summed E-state index contributed by atoms with van der Waals surface area (Å²) in [5.41, 5.74) is 1.75. The van der Waals surface area contributed by atoms with Crippen molar-refractivity contribution in [3.63, 3.8) is 0 Å². The molecular formula is C18H15BrN4O2. The van der Waals surface area contributed by atoms with Crippen LogP contribution in [-0.2, 0) is 0 Å². The number of anilines is 3. The van der Waals surface area contributed by atoms with Crippen LogP contribution in [-0.4, -0.2) is 23.0 Å². The summed E-state index contributed by atoms with van der Waals surface area (Å²) in [6, 6.07) is 16.2. The van der Waals surface area contributed by atoms with Gasteiger partial charge in [0.1, 0.15) is 11.4 Å². The number of carbonyl (C=O) groups excluding carboxylic acids is 1. The average Bonchev–Trinajstić information content (AvgIpc) is 2.62. The molecule has 2 aromatic carbocycles. The third-order valence-corrected chi connectivity index (χ3v) is 3.81. The van der Waals surface area contributed by atoms with E-state index in [2.05, 4.69) is 36.5 Å².